The molecule has 0 aliphatic carbocycles. The summed E-state index contributed by atoms with van der Waals surface area (Å²) in [4.78, 5) is 5.18. The molecule has 28 heavy (non-hydrogen) atoms. The Morgan fingerprint density at radius 1 is 0.607 bits per heavy atom. The number of piperidine rings is 2. The molecule has 4 rings (SSSR count). The van der Waals surface area contributed by atoms with Crippen molar-refractivity contribution in [2.45, 2.75) is 46.5 Å². The van der Waals surface area contributed by atoms with Crippen LogP contribution >= 0.6 is 0 Å². The Hall–Kier alpha value is -2.09. The Balaban J connectivity index is 1.31. The number of anilines is 2. The summed E-state index contributed by atoms with van der Waals surface area (Å²) < 4.78 is 0. The zero-order chi connectivity index (χ0) is 19.7. The predicted octanol–water partition coefficient (Wildman–Crippen LogP) is 5.93. The molecule has 0 atom stereocenters. The molecule has 2 heteroatoms. The summed E-state index contributed by atoms with van der Waals surface area (Å²) in [6.45, 7) is 15.6. The van der Waals surface area contributed by atoms with Gasteiger partial charge in [-0.1, -0.05) is 6.07 Å². The maximum Gasteiger partial charge on any atom is 0.129 e. The van der Waals surface area contributed by atoms with Crippen molar-refractivity contribution in [1.29, 1.82) is 0 Å². The zero-order valence-corrected chi connectivity index (χ0v) is 17.9. The molecule has 0 amide bonds. The molecule has 0 aromatic heterocycles. The molecule has 0 radical (unpaired) electrons. The molecule has 0 spiro atoms. The normalized spacial score (nSPS) is 19.2. The molecule has 2 fully saturated rings. The molecule has 2 aliphatic rings. The van der Waals surface area contributed by atoms with Gasteiger partial charge in [-0.25, -0.2) is 0 Å². The summed E-state index contributed by atoms with van der Waals surface area (Å²) in [5, 5.41) is 0. The SMILES string of the molecule is [CH2+]c1cc(C)cc(N2CCC(C3CCN(c4cc(C)cc(C)c4)CC3)CC2)c1. The van der Waals surface area contributed by atoms with Crippen molar-refractivity contribution in [3.05, 3.63) is 65.6 Å². The average Bonchev–Trinajstić information content (AvgIpc) is 2.67. The Kier molecular flexibility index (Phi) is 5.57. The second-order valence-electron chi connectivity index (χ2n) is 9.17. The number of aryl methyl sites for hydroxylation is 3. The number of benzene rings is 2. The van der Waals surface area contributed by atoms with Gasteiger partial charge >= 0.3 is 0 Å². The summed E-state index contributed by atoms with van der Waals surface area (Å²) in [5.41, 5.74) is 8.01. The maximum absolute atomic E-state index is 4.14. The Morgan fingerprint density at radius 2 is 1.00 bits per heavy atom. The van der Waals surface area contributed by atoms with Gasteiger partial charge in [-0.3, -0.25) is 0 Å². The largest absolute Gasteiger partial charge is 0.372 e. The molecule has 2 heterocycles. The van der Waals surface area contributed by atoms with Crippen LogP contribution in [0.5, 0.6) is 0 Å². The van der Waals surface area contributed by atoms with Crippen molar-refractivity contribution in [3.63, 3.8) is 0 Å². The second kappa shape index (κ2) is 8.11. The van der Waals surface area contributed by atoms with Gasteiger partial charge in [0.15, 0.2) is 0 Å². The summed E-state index contributed by atoms with van der Waals surface area (Å²) in [6, 6.07) is 13.7. The van der Waals surface area contributed by atoms with Crippen LogP contribution in [-0.2, 0) is 0 Å². The van der Waals surface area contributed by atoms with E-state index in [9.17, 15) is 0 Å². The van der Waals surface area contributed by atoms with Crippen LogP contribution in [0, 0.1) is 39.5 Å². The molecule has 2 aromatic rings. The minimum absolute atomic E-state index is 0.904. The van der Waals surface area contributed by atoms with Gasteiger partial charge in [0, 0.05) is 50.4 Å². The van der Waals surface area contributed by atoms with Crippen LogP contribution in [-0.4, -0.2) is 26.2 Å². The number of nitrogens with zero attached hydrogens (tertiary/aromatic N) is 2. The fourth-order valence-corrected chi connectivity index (χ4v) is 5.41. The predicted molar refractivity (Wildman–Crippen MR) is 121 cm³/mol. The maximum atomic E-state index is 4.14. The van der Waals surface area contributed by atoms with E-state index in [1.165, 1.54) is 79.9 Å². The first-order chi connectivity index (χ1) is 13.5. The molecule has 2 nitrogen and oxygen atoms in total. The van der Waals surface area contributed by atoms with Crippen LogP contribution in [0.1, 0.15) is 47.9 Å². The van der Waals surface area contributed by atoms with Crippen molar-refractivity contribution in [2.75, 3.05) is 36.0 Å². The summed E-state index contributed by atoms with van der Waals surface area (Å²) in [5.74, 6) is 1.81. The summed E-state index contributed by atoms with van der Waals surface area (Å²) in [6.07, 6.45) is 5.39. The molecule has 148 valence electrons. The van der Waals surface area contributed by atoms with Crippen LogP contribution < -0.4 is 9.80 Å². The molecular formula is C26H35N2+. The van der Waals surface area contributed by atoms with Crippen LogP contribution in [0.4, 0.5) is 11.4 Å². The first-order valence-electron chi connectivity index (χ1n) is 11.0. The van der Waals surface area contributed by atoms with Crippen LogP contribution in [0.2, 0.25) is 0 Å². The highest BCUT2D eigenvalue weighted by Crippen LogP contribution is 2.35. The summed E-state index contributed by atoms with van der Waals surface area (Å²) >= 11 is 0. The minimum atomic E-state index is 0.904. The Labute approximate surface area is 171 Å². The number of rotatable bonds is 3. The first-order valence-corrected chi connectivity index (χ1v) is 11.0. The van der Waals surface area contributed by atoms with Gasteiger partial charge in [0.1, 0.15) is 5.56 Å². The summed E-state index contributed by atoms with van der Waals surface area (Å²) in [7, 11) is 0. The third-order valence-electron chi connectivity index (χ3n) is 6.80. The van der Waals surface area contributed by atoms with Gasteiger partial charge in [-0.05, 0) is 87.6 Å². The Morgan fingerprint density at radius 3 is 1.43 bits per heavy atom. The lowest BCUT2D eigenvalue weighted by molar-refractivity contribution is 0.233. The number of hydrogen-bond acceptors (Lipinski definition) is 2. The van der Waals surface area contributed by atoms with Gasteiger partial charge in [0.25, 0.3) is 0 Å². The van der Waals surface area contributed by atoms with Crippen molar-refractivity contribution >= 4 is 11.4 Å². The number of hydrogen-bond donors (Lipinski definition) is 0. The second-order valence-corrected chi connectivity index (χ2v) is 9.17. The lowest BCUT2D eigenvalue weighted by Crippen LogP contribution is -2.41. The lowest BCUT2D eigenvalue weighted by atomic mass is 9.78. The minimum Gasteiger partial charge on any atom is -0.372 e. The van der Waals surface area contributed by atoms with E-state index in [4.69, 9.17) is 0 Å². The third kappa shape index (κ3) is 4.32. The van der Waals surface area contributed by atoms with Crippen molar-refractivity contribution in [1.82, 2.24) is 0 Å². The van der Waals surface area contributed by atoms with E-state index in [0.29, 0.717) is 0 Å². The van der Waals surface area contributed by atoms with E-state index in [1.807, 2.05) is 0 Å². The zero-order valence-electron chi connectivity index (χ0n) is 17.9. The molecule has 2 aromatic carbocycles. The van der Waals surface area contributed by atoms with Crippen LogP contribution in [0.25, 0.3) is 0 Å². The highest BCUT2D eigenvalue weighted by atomic mass is 15.1. The van der Waals surface area contributed by atoms with Gasteiger partial charge in [0.2, 0.25) is 0 Å². The van der Waals surface area contributed by atoms with Crippen molar-refractivity contribution < 1.29 is 0 Å². The Bertz CT molecular complexity index is 699. The van der Waals surface area contributed by atoms with Gasteiger partial charge in [-0.2, -0.15) is 0 Å². The highest BCUT2D eigenvalue weighted by molar-refractivity contribution is 5.52. The standard InChI is InChI=1S/C26H35N2/c1-19-13-20(2)16-25(15-19)27-9-5-23(6-10-27)24-7-11-28(12-8-24)26-17-21(3)14-22(4)18-26/h13-18,23-24H,1,5-12H2,2-4H3/q+1. The fourth-order valence-electron chi connectivity index (χ4n) is 5.41. The quantitative estimate of drug-likeness (QED) is 0.614. The average molecular weight is 376 g/mol. The van der Waals surface area contributed by atoms with Gasteiger partial charge < -0.3 is 9.80 Å². The molecular weight excluding hydrogens is 340 g/mol. The third-order valence-corrected chi connectivity index (χ3v) is 6.80. The van der Waals surface area contributed by atoms with Gasteiger partial charge in [0.05, 0.1) is 11.8 Å². The smallest absolute Gasteiger partial charge is 0.129 e. The van der Waals surface area contributed by atoms with E-state index >= 15 is 0 Å². The molecule has 0 saturated carbocycles. The lowest BCUT2D eigenvalue weighted by Gasteiger charge is -2.41. The van der Waals surface area contributed by atoms with E-state index in [1.54, 1.807) is 0 Å². The van der Waals surface area contributed by atoms with E-state index in [0.717, 1.165) is 17.4 Å². The monoisotopic (exact) mass is 375 g/mol. The van der Waals surface area contributed by atoms with Crippen molar-refractivity contribution in [3.8, 4) is 0 Å². The topological polar surface area (TPSA) is 6.48 Å². The molecule has 0 unspecified atom stereocenters. The van der Waals surface area contributed by atoms with E-state index < -0.39 is 0 Å². The van der Waals surface area contributed by atoms with Crippen LogP contribution in [0.15, 0.2) is 36.4 Å². The van der Waals surface area contributed by atoms with E-state index in [-0.39, 0.29) is 0 Å². The molecule has 2 saturated heterocycles. The fraction of sp³-hybridized carbons (Fsp3) is 0.500. The molecule has 2 aliphatic heterocycles. The van der Waals surface area contributed by atoms with E-state index in [2.05, 4.69) is 73.9 Å². The van der Waals surface area contributed by atoms with Crippen LogP contribution in [0.3, 0.4) is 0 Å². The first kappa shape index (κ1) is 19.2. The van der Waals surface area contributed by atoms with Crippen molar-refractivity contribution in [2.24, 2.45) is 11.8 Å². The molecule has 0 bridgehead atoms. The molecule has 0 N–H and O–H groups in total. The highest BCUT2D eigenvalue weighted by Gasteiger charge is 2.30. The van der Waals surface area contributed by atoms with Gasteiger partial charge in [-0.15, -0.1) is 0 Å².